The van der Waals surface area contributed by atoms with Crippen LogP contribution in [-0.4, -0.2) is 64.6 Å². The van der Waals surface area contributed by atoms with E-state index in [1.807, 2.05) is 37.3 Å². The number of aliphatic carboxylic acids is 1. The van der Waals surface area contributed by atoms with Gasteiger partial charge in [0.2, 0.25) is 0 Å². The van der Waals surface area contributed by atoms with Crippen LogP contribution in [0, 0.1) is 5.92 Å². The zero-order valence-corrected chi connectivity index (χ0v) is 16.1. The molecule has 3 rings (SSSR count). The van der Waals surface area contributed by atoms with E-state index in [9.17, 15) is 14.7 Å². The number of amides is 1. The third-order valence-corrected chi connectivity index (χ3v) is 4.94. The highest BCUT2D eigenvalue weighted by Crippen LogP contribution is 2.27. The summed E-state index contributed by atoms with van der Waals surface area (Å²) in [5.74, 6) is -1.40. The summed E-state index contributed by atoms with van der Waals surface area (Å²) in [4.78, 5) is 26.2. The number of rotatable bonds is 7. The van der Waals surface area contributed by atoms with Crippen LogP contribution >= 0.6 is 0 Å². The molecule has 2 atom stereocenters. The van der Waals surface area contributed by atoms with E-state index in [1.165, 1.54) is 0 Å². The topological polar surface area (TPSA) is 93.9 Å². The number of carbonyl (C=O) groups excluding carboxylic acids is 1. The second-order valence-corrected chi connectivity index (χ2v) is 6.88. The highest BCUT2D eigenvalue weighted by Gasteiger charge is 2.35. The lowest BCUT2D eigenvalue weighted by atomic mass is 9.93. The van der Waals surface area contributed by atoms with Gasteiger partial charge in [-0.3, -0.25) is 9.59 Å². The van der Waals surface area contributed by atoms with Gasteiger partial charge in [0, 0.05) is 19.7 Å². The van der Waals surface area contributed by atoms with Crippen LogP contribution in [0.25, 0.3) is 5.69 Å². The van der Waals surface area contributed by atoms with Crippen molar-refractivity contribution in [2.24, 2.45) is 5.92 Å². The Morgan fingerprint density at radius 2 is 1.96 bits per heavy atom. The number of methoxy groups -OCH3 is 1. The molecule has 0 aliphatic carbocycles. The molecule has 1 aliphatic rings. The van der Waals surface area contributed by atoms with Crippen LogP contribution in [0.2, 0.25) is 0 Å². The van der Waals surface area contributed by atoms with E-state index < -0.39 is 11.9 Å². The Kier molecular flexibility index (Phi) is 6.30. The zero-order valence-electron chi connectivity index (χ0n) is 16.1. The van der Waals surface area contributed by atoms with Gasteiger partial charge >= 0.3 is 5.97 Å². The molecule has 1 amide bonds. The van der Waals surface area contributed by atoms with E-state index in [1.54, 1.807) is 22.9 Å². The Morgan fingerprint density at radius 1 is 1.21 bits per heavy atom. The molecular weight excluding hydrogens is 362 g/mol. The molecule has 28 heavy (non-hydrogen) atoms. The molecule has 1 N–H and O–H groups in total. The van der Waals surface area contributed by atoms with Crippen molar-refractivity contribution in [1.29, 1.82) is 0 Å². The van der Waals surface area contributed by atoms with Gasteiger partial charge in [-0.25, -0.2) is 4.68 Å². The molecule has 1 fully saturated rings. The predicted octanol–water partition coefficient (Wildman–Crippen LogP) is 2.22. The molecule has 2 aromatic rings. The van der Waals surface area contributed by atoms with Crippen molar-refractivity contribution in [3.05, 3.63) is 42.2 Å². The standard InChI is InChI=1S/C20H25N3O5/c1-14-8-9-15(20(25)26)12-22(14)19(24)18-17(28-11-10-27-2)13-23(21-18)16-6-4-3-5-7-16/h3-7,13-15H,8-12H2,1-2H3,(H,25,26). The van der Waals surface area contributed by atoms with Gasteiger partial charge in [0.05, 0.1) is 24.4 Å². The minimum absolute atomic E-state index is 0.0585. The van der Waals surface area contributed by atoms with E-state index in [-0.39, 0.29) is 30.8 Å². The fourth-order valence-corrected chi connectivity index (χ4v) is 3.29. The van der Waals surface area contributed by atoms with Gasteiger partial charge in [0.15, 0.2) is 11.4 Å². The molecule has 1 saturated heterocycles. The zero-order chi connectivity index (χ0) is 20.1. The number of carboxylic acids is 1. The lowest BCUT2D eigenvalue weighted by molar-refractivity contribution is -0.143. The molecule has 1 aliphatic heterocycles. The van der Waals surface area contributed by atoms with Crippen molar-refractivity contribution in [2.45, 2.75) is 25.8 Å². The summed E-state index contributed by atoms with van der Waals surface area (Å²) in [6.07, 6.45) is 2.87. The Balaban J connectivity index is 1.90. The van der Waals surface area contributed by atoms with E-state index >= 15 is 0 Å². The lowest BCUT2D eigenvalue weighted by Gasteiger charge is -2.36. The molecule has 150 valence electrons. The van der Waals surface area contributed by atoms with E-state index in [4.69, 9.17) is 9.47 Å². The molecule has 2 heterocycles. The third-order valence-electron chi connectivity index (χ3n) is 4.94. The number of nitrogens with zero attached hydrogens (tertiary/aromatic N) is 3. The number of ether oxygens (including phenoxy) is 2. The highest BCUT2D eigenvalue weighted by molar-refractivity contribution is 5.95. The molecule has 2 unspecified atom stereocenters. The number of hydrogen-bond acceptors (Lipinski definition) is 5. The van der Waals surface area contributed by atoms with Gasteiger partial charge in [-0.15, -0.1) is 0 Å². The van der Waals surface area contributed by atoms with Crippen LogP contribution in [-0.2, 0) is 9.53 Å². The first-order chi connectivity index (χ1) is 13.5. The fraction of sp³-hybridized carbons (Fsp3) is 0.450. The van der Waals surface area contributed by atoms with Crippen LogP contribution in [0.3, 0.4) is 0 Å². The molecule has 0 spiro atoms. The van der Waals surface area contributed by atoms with E-state index in [2.05, 4.69) is 5.10 Å². The molecular formula is C20H25N3O5. The van der Waals surface area contributed by atoms with Gasteiger partial charge in [-0.1, -0.05) is 18.2 Å². The SMILES string of the molecule is COCCOc1cn(-c2ccccc2)nc1C(=O)N1CC(C(=O)O)CCC1C. The summed E-state index contributed by atoms with van der Waals surface area (Å²) >= 11 is 0. The van der Waals surface area contributed by atoms with Crippen LogP contribution in [0.1, 0.15) is 30.3 Å². The minimum Gasteiger partial charge on any atom is -0.487 e. The van der Waals surface area contributed by atoms with E-state index in [0.717, 1.165) is 5.69 Å². The second-order valence-electron chi connectivity index (χ2n) is 6.88. The lowest BCUT2D eigenvalue weighted by Crippen LogP contribution is -2.47. The molecule has 0 bridgehead atoms. The number of benzene rings is 1. The quantitative estimate of drug-likeness (QED) is 0.732. The molecule has 1 aromatic carbocycles. The summed E-state index contributed by atoms with van der Waals surface area (Å²) in [7, 11) is 1.57. The number of carboxylic acid groups (broad SMARTS) is 1. The maximum absolute atomic E-state index is 13.2. The largest absolute Gasteiger partial charge is 0.487 e. The average Bonchev–Trinajstić information content (AvgIpc) is 3.13. The number of hydrogen-bond donors (Lipinski definition) is 1. The van der Waals surface area contributed by atoms with Crippen molar-refractivity contribution in [3.8, 4) is 11.4 Å². The molecule has 8 heteroatoms. The highest BCUT2D eigenvalue weighted by atomic mass is 16.5. The molecule has 1 aromatic heterocycles. The first-order valence-electron chi connectivity index (χ1n) is 9.32. The number of aromatic nitrogens is 2. The predicted molar refractivity (Wildman–Crippen MR) is 102 cm³/mol. The molecule has 0 radical (unpaired) electrons. The average molecular weight is 387 g/mol. The van der Waals surface area contributed by atoms with Gasteiger partial charge < -0.3 is 19.5 Å². The number of para-hydroxylation sites is 1. The number of piperidine rings is 1. The van der Waals surface area contributed by atoms with Gasteiger partial charge in [0.25, 0.3) is 5.91 Å². The van der Waals surface area contributed by atoms with Crippen LogP contribution in [0.4, 0.5) is 0 Å². The second kappa shape index (κ2) is 8.88. The van der Waals surface area contributed by atoms with Crippen LogP contribution < -0.4 is 4.74 Å². The fourth-order valence-electron chi connectivity index (χ4n) is 3.29. The van der Waals surface area contributed by atoms with Crippen molar-refractivity contribution < 1.29 is 24.2 Å². The summed E-state index contributed by atoms with van der Waals surface area (Å²) in [5, 5.41) is 13.8. The van der Waals surface area contributed by atoms with Gasteiger partial charge in [-0.2, -0.15) is 5.10 Å². The number of carbonyl (C=O) groups is 2. The van der Waals surface area contributed by atoms with Gasteiger partial charge in [-0.05, 0) is 31.9 Å². The van der Waals surface area contributed by atoms with Crippen molar-refractivity contribution in [1.82, 2.24) is 14.7 Å². The van der Waals surface area contributed by atoms with Crippen LogP contribution in [0.15, 0.2) is 36.5 Å². The summed E-state index contributed by atoms with van der Waals surface area (Å²) in [6, 6.07) is 9.37. The first-order valence-corrected chi connectivity index (χ1v) is 9.32. The van der Waals surface area contributed by atoms with Crippen LogP contribution in [0.5, 0.6) is 5.75 Å². The van der Waals surface area contributed by atoms with Crippen molar-refractivity contribution in [3.63, 3.8) is 0 Å². The van der Waals surface area contributed by atoms with Gasteiger partial charge in [0.1, 0.15) is 6.61 Å². The van der Waals surface area contributed by atoms with E-state index in [0.29, 0.717) is 25.2 Å². The Hall–Kier alpha value is -2.87. The molecule has 0 saturated carbocycles. The monoisotopic (exact) mass is 387 g/mol. The Bertz CT molecular complexity index is 821. The summed E-state index contributed by atoms with van der Waals surface area (Å²) in [5.41, 5.74) is 0.978. The number of likely N-dealkylation sites (tertiary alicyclic amines) is 1. The summed E-state index contributed by atoms with van der Waals surface area (Å²) in [6.45, 7) is 2.76. The first kappa shape index (κ1) is 19.9. The normalized spacial score (nSPS) is 19.4. The minimum atomic E-state index is -0.879. The third kappa shape index (κ3) is 4.33. The van der Waals surface area contributed by atoms with Crippen molar-refractivity contribution >= 4 is 11.9 Å². The molecule has 8 nitrogen and oxygen atoms in total. The maximum atomic E-state index is 13.2. The summed E-state index contributed by atoms with van der Waals surface area (Å²) < 4.78 is 12.3. The van der Waals surface area contributed by atoms with Crippen molar-refractivity contribution in [2.75, 3.05) is 26.9 Å². The maximum Gasteiger partial charge on any atom is 0.308 e. The Labute approximate surface area is 163 Å². The Morgan fingerprint density at radius 3 is 2.64 bits per heavy atom. The smallest absolute Gasteiger partial charge is 0.308 e.